The number of benzene rings is 2. The maximum atomic E-state index is 13.1. The Morgan fingerprint density at radius 2 is 1.50 bits per heavy atom. The van der Waals surface area contributed by atoms with Crippen molar-refractivity contribution in [2.75, 3.05) is 26.2 Å². The van der Waals surface area contributed by atoms with E-state index in [-0.39, 0.29) is 43.0 Å². The molecular formula is C35H49N3O8. The first-order valence-electron chi connectivity index (χ1n) is 15.6. The molecule has 3 rings (SSSR count). The Morgan fingerprint density at radius 3 is 2.11 bits per heavy atom. The Labute approximate surface area is 272 Å². The van der Waals surface area contributed by atoms with E-state index in [9.17, 15) is 24.3 Å². The van der Waals surface area contributed by atoms with Crippen molar-refractivity contribution in [1.29, 1.82) is 0 Å². The lowest BCUT2D eigenvalue weighted by atomic mass is 9.97. The first kappa shape index (κ1) is 36.5. The van der Waals surface area contributed by atoms with E-state index in [4.69, 9.17) is 14.2 Å². The normalized spacial score (nSPS) is 16.0. The Hall–Kier alpha value is -3.96. The van der Waals surface area contributed by atoms with Crippen LogP contribution in [0.5, 0.6) is 17.2 Å². The fraction of sp³-hybridized carbons (Fsp3) is 0.543. The highest BCUT2D eigenvalue weighted by molar-refractivity contribution is 5.89. The van der Waals surface area contributed by atoms with Gasteiger partial charge in [0, 0.05) is 25.2 Å². The number of ether oxygens (including phenoxy) is 3. The third-order valence-corrected chi connectivity index (χ3v) is 7.44. The first-order chi connectivity index (χ1) is 21.4. The summed E-state index contributed by atoms with van der Waals surface area (Å²) in [6.07, 6.45) is 0.283. The van der Waals surface area contributed by atoms with Crippen molar-refractivity contribution < 1.29 is 38.5 Å². The van der Waals surface area contributed by atoms with E-state index < -0.39 is 40.5 Å². The molecule has 3 N–H and O–H groups in total. The van der Waals surface area contributed by atoms with Crippen LogP contribution in [-0.4, -0.2) is 71.6 Å². The maximum Gasteiger partial charge on any atom is 0.316 e. The van der Waals surface area contributed by atoms with Gasteiger partial charge in [-0.15, -0.1) is 0 Å². The van der Waals surface area contributed by atoms with Gasteiger partial charge in [-0.3, -0.25) is 19.2 Å². The number of β-amino-alcohol motifs (C(OH)–C–C–N with tert-alkyl or cyclic N) is 1. The molecule has 1 aliphatic rings. The summed E-state index contributed by atoms with van der Waals surface area (Å²) in [6, 6.07) is 13.1. The molecule has 1 aliphatic heterocycles. The van der Waals surface area contributed by atoms with Crippen molar-refractivity contribution in [3.63, 3.8) is 0 Å². The quantitative estimate of drug-likeness (QED) is 0.230. The Kier molecular flexibility index (Phi) is 12.0. The number of aliphatic hydroxyl groups is 1. The number of para-hydroxylation sites is 1. The summed E-state index contributed by atoms with van der Waals surface area (Å²) < 4.78 is 16.7. The molecule has 1 saturated heterocycles. The number of rotatable bonds is 12. The summed E-state index contributed by atoms with van der Waals surface area (Å²) in [5, 5.41) is 17.2. The van der Waals surface area contributed by atoms with Gasteiger partial charge in [-0.1, -0.05) is 24.3 Å². The molecule has 2 aromatic rings. The van der Waals surface area contributed by atoms with Crippen LogP contribution in [0.3, 0.4) is 0 Å². The zero-order valence-electron chi connectivity index (χ0n) is 28.3. The largest absolute Gasteiger partial charge is 0.484 e. The van der Waals surface area contributed by atoms with Crippen LogP contribution in [0.1, 0.15) is 79.9 Å². The second kappa shape index (κ2) is 15.1. The molecule has 0 aliphatic carbocycles. The van der Waals surface area contributed by atoms with Crippen molar-refractivity contribution in [1.82, 2.24) is 15.5 Å². The minimum Gasteiger partial charge on any atom is -0.484 e. The van der Waals surface area contributed by atoms with Gasteiger partial charge in [-0.25, -0.2) is 0 Å². The highest BCUT2D eigenvalue weighted by Gasteiger charge is 2.35. The number of amides is 2. The topological polar surface area (TPSA) is 144 Å². The predicted octanol–water partition coefficient (Wildman–Crippen LogP) is 4.18. The Morgan fingerprint density at radius 1 is 0.891 bits per heavy atom. The van der Waals surface area contributed by atoms with E-state index in [1.165, 1.54) is 12.1 Å². The Bertz CT molecular complexity index is 1380. The van der Waals surface area contributed by atoms with Crippen molar-refractivity contribution in [3.05, 3.63) is 54.1 Å². The van der Waals surface area contributed by atoms with Gasteiger partial charge < -0.3 is 34.9 Å². The van der Waals surface area contributed by atoms with Crippen molar-refractivity contribution >= 4 is 23.8 Å². The first-order valence-corrected chi connectivity index (χ1v) is 15.6. The lowest BCUT2D eigenvalue weighted by molar-refractivity contribution is -0.145. The number of nitrogens with zero attached hydrogens (tertiary/aromatic N) is 1. The summed E-state index contributed by atoms with van der Waals surface area (Å²) in [7, 11) is 0. The molecule has 0 spiro atoms. The van der Waals surface area contributed by atoms with Gasteiger partial charge in [0.05, 0.1) is 16.9 Å². The molecule has 0 saturated carbocycles. The molecule has 1 heterocycles. The third kappa shape index (κ3) is 10.6. The van der Waals surface area contributed by atoms with E-state index in [1.807, 2.05) is 32.0 Å². The molecule has 11 heteroatoms. The number of hydrogen-bond donors (Lipinski definition) is 3. The highest BCUT2D eigenvalue weighted by atomic mass is 16.6. The number of hydrogen-bond acceptors (Lipinski definition) is 9. The lowest BCUT2D eigenvalue weighted by Gasteiger charge is -2.30. The van der Waals surface area contributed by atoms with Gasteiger partial charge >= 0.3 is 11.9 Å². The van der Waals surface area contributed by atoms with Gasteiger partial charge in [0.1, 0.15) is 11.8 Å². The lowest BCUT2D eigenvalue weighted by Crippen LogP contribution is -2.54. The van der Waals surface area contributed by atoms with Gasteiger partial charge in [0.15, 0.2) is 18.1 Å². The van der Waals surface area contributed by atoms with E-state index in [2.05, 4.69) is 10.6 Å². The van der Waals surface area contributed by atoms with Crippen LogP contribution in [0, 0.1) is 10.8 Å². The number of carbonyl (C=O) groups excluding carboxylic acids is 4. The molecule has 11 nitrogen and oxygen atoms in total. The van der Waals surface area contributed by atoms with Crippen molar-refractivity contribution in [2.45, 2.75) is 85.9 Å². The monoisotopic (exact) mass is 639 g/mol. The molecule has 2 aromatic carbocycles. The van der Waals surface area contributed by atoms with Crippen LogP contribution in [-0.2, 0) is 19.2 Å². The van der Waals surface area contributed by atoms with Crippen LogP contribution in [0.4, 0.5) is 0 Å². The molecular weight excluding hydrogens is 590 g/mol. The van der Waals surface area contributed by atoms with Gasteiger partial charge in [-0.2, -0.15) is 0 Å². The second-order valence-corrected chi connectivity index (χ2v) is 14.3. The zero-order chi connectivity index (χ0) is 34.3. The van der Waals surface area contributed by atoms with Crippen molar-refractivity contribution in [3.8, 4) is 17.2 Å². The smallest absolute Gasteiger partial charge is 0.316 e. The highest BCUT2D eigenvalue weighted by Crippen LogP contribution is 2.34. The fourth-order valence-electron chi connectivity index (χ4n) is 4.46. The van der Waals surface area contributed by atoms with Gasteiger partial charge in [-0.05, 0) is 98.1 Å². The van der Waals surface area contributed by atoms with E-state index >= 15 is 0 Å². The number of carbonyl (C=O) groups is 4. The second-order valence-electron chi connectivity index (χ2n) is 14.3. The summed E-state index contributed by atoms with van der Waals surface area (Å²) in [6.45, 7) is 14.8. The minimum absolute atomic E-state index is 0.0328. The molecule has 0 radical (unpaired) electrons. The van der Waals surface area contributed by atoms with Gasteiger partial charge in [0.25, 0.3) is 5.91 Å². The number of aliphatic hydroxyl groups excluding tert-OH is 1. The molecule has 252 valence electrons. The van der Waals surface area contributed by atoms with Crippen LogP contribution >= 0.6 is 0 Å². The average Bonchev–Trinajstić information content (AvgIpc) is 3.48. The van der Waals surface area contributed by atoms with E-state index in [0.717, 1.165) is 6.42 Å². The minimum atomic E-state index is -1.01. The number of likely N-dealkylation sites (tertiary alicyclic amines) is 1. The summed E-state index contributed by atoms with van der Waals surface area (Å²) in [5.74, 6) is -0.798. The summed E-state index contributed by atoms with van der Waals surface area (Å²) >= 11 is 0. The molecule has 46 heavy (non-hydrogen) atoms. The maximum absolute atomic E-state index is 13.1. The molecule has 1 fully saturated rings. The van der Waals surface area contributed by atoms with Crippen molar-refractivity contribution in [2.24, 2.45) is 10.8 Å². The number of nitrogens with one attached hydrogen (secondary N) is 2. The Balaban J connectivity index is 1.59. The molecule has 2 unspecified atom stereocenters. The summed E-state index contributed by atoms with van der Waals surface area (Å²) in [5.41, 5.74) is -1.77. The van der Waals surface area contributed by atoms with E-state index in [0.29, 0.717) is 24.3 Å². The van der Waals surface area contributed by atoms with E-state index in [1.54, 1.807) is 64.6 Å². The van der Waals surface area contributed by atoms with Crippen LogP contribution in [0.2, 0.25) is 0 Å². The van der Waals surface area contributed by atoms with Crippen LogP contribution in [0.25, 0.3) is 0 Å². The molecule has 2 atom stereocenters. The molecule has 2 amide bonds. The third-order valence-electron chi connectivity index (χ3n) is 7.44. The van der Waals surface area contributed by atoms with Gasteiger partial charge in [0.2, 0.25) is 5.91 Å². The zero-order valence-corrected chi connectivity index (χ0v) is 28.3. The predicted molar refractivity (Wildman–Crippen MR) is 173 cm³/mol. The van der Waals surface area contributed by atoms with Crippen LogP contribution in [0.15, 0.2) is 48.5 Å². The average molecular weight is 640 g/mol. The molecule has 0 aromatic heterocycles. The molecule has 0 bridgehead atoms. The fourth-order valence-corrected chi connectivity index (χ4v) is 4.46. The number of esters is 2. The van der Waals surface area contributed by atoms with Crippen LogP contribution < -0.4 is 24.8 Å². The SMILES string of the molecule is CC(C)(CNC(=O)C1CCCN1C(=O)COc1ccccc1)NCC(O)c1ccc(OC(=O)C(C)(C)C)c(OC(=O)C(C)(C)C)c1. The standard InChI is InChI=1S/C35H49N3O8/c1-33(2,3)31(42)45-27-17-16-23(19-28(27)46-32(43)34(4,5)6)26(39)20-37-35(7,8)22-36-30(41)25-15-12-18-38(25)29(40)21-44-24-13-10-9-11-14-24/h9-11,13-14,16-17,19,25-26,37,39H,12,15,18,20-22H2,1-8H3,(H,36,41). The summed E-state index contributed by atoms with van der Waals surface area (Å²) in [4.78, 5) is 52.7.